The molecule has 146 valence electrons. The number of aromatic nitrogens is 1. The molecule has 3 aromatic rings. The summed E-state index contributed by atoms with van der Waals surface area (Å²) in [6.07, 6.45) is 0. The molecule has 0 N–H and O–H groups in total. The highest BCUT2D eigenvalue weighted by Crippen LogP contribution is 2.27. The first-order valence-corrected chi connectivity index (χ1v) is 11.3. The van der Waals surface area contributed by atoms with E-state index in [4.69, 9.17) is 4.98 Å². The molecule has 3 heterocycles. The molecule has 4 nitrogen and oxygen atoms in total. The number of benzene rings is 1. The molecule has 1 fully saturated rings. The van der Waals surface area contributed by atoms with Gasteiger partial charge in [0.05, 0.1) is 17.1 Å². The molecule has 0 saturated carbocycles. The fourth-order valence-electron chi connectivity index (χ4n) is 3.90. The Bertz CT molecular complexity index is 947. The average molecular weight is 412 g/mol. The summed E-state index contributed by atoms with van der Waals surface area (Å²) in [6, 6.07) is 8.38. The van der Waals surface area contributed by atoms with Gasteiger partial charge in [-0.2, -0.15) is 0 Å². The van der Waals surface area contributed by atoms with Crippen LogP contribution in [-0.4, -0.2) is 46.9 Å². The summed E-state index contributed by atoms with van der Waals surface area (Å²) in [5.74, 6) is 0.170. The lowest BCUT2D eigenvalue weighted by atomic mass is 9.98. The van der Waals surface area contributed by atoms with Gasteiger partial charge in [-0.15, -0.1) is 22.7 Å². The Morgan fingerprint density at radius 2 is 1.79 bits per heavy atom. The number of aryl methyl sites for hydroxylation is 3. The van der Waals surface area contributed by atoms with Gasteiger partial charge in [0.15, 0.2) is 0 Å². The Morgan fingerprint density at radius 3 is 2.43 bits per heavy atom. The topological polar surface area (TPSA) is 36.4 Å². The molecule has 1 saturated heterocycles. The van der Waals surface area contributed by atoms with E-state index < -0.39 is 0 Å². The lowest BCUT2D eigenvalue weighted by Gasteiger charge is -2.34. The quantitative estimate of drug-likeness (QED) is 0.621. The smallest absolute Gasteiger partial charge is 0.254 e. The maximum absolute atomic E-state index is 13.1. The third-order valence-corrected chi connectivity index (χ3v) is 6.96. The van der Waals surface area contributed by atoms with E-state index >= 15 is 0 Å². The summed E-state index contributed by atoms with van der Waals surface area (Å²) in [5, 5.41) is 5.37. The first kappa shape index (κ1) is 19.3. The number of hydrogen-bond acceptors (Lipinski definition) is 5. The zero-order valence-corrected chi connectivity index (χ0v) is 18.2. The molecular weight excluding hydrogens is 386 g/mol. The minimum absolute atomic E-state index is 0.170. The molecule has 0 aliphatic carbocycles. The third-order valence-electron chi connectivity index (χ3n) is 5.23. The SMILES string of the molecule is Cc1cc(C)c(C(=O)N2CCN(Cc3nc(-c4cccs4)cs3)CC2)c(C)c1. The van der Waals surface area contributed by atoms with Gasteiger partial charge in [-0.1, -0.05) is 23.8 Å². The Morgan fingerprint density at radius 1 is 1.07 bits per heavy atom. The number of hydrogen-bond donors (Lipinski definition) is 0. The molecular formula is C22H25N3OS2. The molecule has 1 aliphatic heterocycles. The van der Waals surface area contributed by atoms with Gasteiger partial charge in [0.25, 0.3) is 5.91 Å². The molecule has 1 aromatic carbocycles. The Hall–Kier alpha value is -2.02. The normalized spacial score (nSPS) is 15.2. The van der Waals surface area contributed by atoms with Crippen molar-refractivity contribution in [2.24, 2.45) is 0 Å². The Kier molecular flexibility index (Phi) is 5.62. The van der Waals surface area contributed by atoms with Crippen LogP contribution < -0.4 is 0 Å². The molecule has 0 spiro atoms. The van der Waals surface area contributed by atoms with Crippen LogP contribution in [0.2, 0.25) is 0 Å². The largest absolute Gasteiger partial charge is 0.336 e. The lowest BCUT2D eigenvalue weighted by molar-refractivity contribution is 0.0627. The second-order valence-corrected chi connectivity index (χ2v) is 9.34. The highest BCUT2D eigenvalue weighted by molar-refractivity contribution is 7.14. The Balaban J connectivity index is 1.37. The summed E-state index contributed by atoms with van der Waals surface area (Å²) >= 11 is 3.45. The number of carbonyl (C=O) groups excluding carboxylic acids is 1. The van der Waals surface area contributed by atoms with Crippen molar-refractivity contribution in [1.29, 1.82) is 0 Å². The van der Waals surface area contributed by atoms with Crippen molar-refractivity contribution in [3.05, 3.63) is 62.3 Å². The maximum Gasteiger partial charge on any atom is 0.254 e. The van der Waals surface area contributed by atoms with Gasteiger partial charge in [-0.3, -0.25) is 9.69 Å². The van der Waals surface area contributed by atoms with E-state index in [-0.39, 0.29) is 5.91 Å². The van der Waals surface area contributed by atoms with Gasteiger partial charge < -0.3 is 4.90 Å². The van der Waals surface area contributed by atoms with Crippen molar-refractivity contribution in [1.82, 2.24) is 14.8 Å². The summed E-state index contributed by atoms with van der Waals surface area (Å²) in [5.41, 5.74) is 5.32. The van der Waals surface area contributed by atoms with Crippen LogP contribution in [0.1, 0.15) is 32.1 Å². The van der Waals surface area contributed by atoms with Crippen molar-refractivity contribution in [3.63, 3.8) is 0 Å². The maximum atomic E-state index is 13.1. The first-order chi connectivity index (χ1) is 13.5. The molecule has 6 heteroatoms. The van der Waals surface area contributed by atoms with Crippen molar-refractivity contribution in [3.8, 4) is 10.6 Å². The zero-order valence-electron chi connectivity index (χ0n) is 16.6. The van der Waals surface area contributed by atoms with Gasteiger partial charge in [0.2, 0.25) is 0 Å². The minimum Gasteiger partial charge on any atom is -0.336 e. The van der Waals surface area contributed by atoms with E-state index in [1.54, 1.807) is 22.7 Å². The van der Waals surface area contributed by atoms with E-state index in [0.29, 0.717) is 0 Å². The van der Waals surface area contributed by atoms with Gasteiger partial charge in [-0.25, -0.2) is 4.98 Å². The van der Waals surface area contributed by atoms with Gasteiger partial charge >= 0.3 is 0 Å². The third kappa shape index (κ3) is 4.04. The van der Waals surface area contributed by atoms with E-state index in [2.05, 4.69) is 46.8 Å². The molecule has 28 heavy (non-hydrogen) atoms. The summed E-state index contributed by atoms with van der Waals surface area (Å²) < 4.78 is 0. The van der Waals surface area contributed by atoms with E-state index in [1.165, 1.54) is 10.4 Å². The van der Waals surface area contributed by atoms with Crippen molar-refractivity contribution in [2.45, 2.75) is 27.3 Å². The van der Waals surface area contributed by atoms with E-state index in [1.807, 2.05) is 18.7 Å². The highest BCUT2D eigenvalue weighted by atomic mass is 32.1. The first-order valence-electron chi connectivity index (χ1n) is 9.59. The van der Waals surface area contributed by atoms with Gasteiger partial charge in [0.1, 0.15) is 5.01 Å². The fourth-order valence-corrected chi connectivity index (χ4v) is 5.49. The van der Waals surface area contributed by atoms with Crippen LogP contribution in [0.25, 0.3) is 10.6 Å². The molecule has 0 unspecified atom stereocenters. The number of thiazole rings is 1. The van der Waals surface area contributed by atoms with E-state index in [0.717, 1.165) is 60.1 Å². The molecule has 2 aromatic heterocycles. The molecule has 0 radical (unpaired) electrons. The van der Waals surface area contributed by atoms with Crippen LogP contribution in [0.5, 0.6) is 0 Å². The molecule has 0 atom stereocenters. The second kappa shape index (κ2) is 8.15. The summed E-state index contributed by atoms with van der Waals surface area (Å²) in [6.45, 7) is 10.3. The molecule has 0 bridgehead atoms. The van der Waals surface area contributed by atoms with E-state index in [9.17, 15) is 4.79 Å². The van der Waals surface area contributed by atoms with Crippen LogP contribution >= 0.6 is 22.7 Å². The van der Waals surface area contributed by atoms with Crippen LogP contribution in [0, 0.1) is 20.8 Å². The number of thiophene rings is 1. The minimum atomic E-state index is 0.170. The van der Waals surface area contributed by atoms with Crippen molar-refractivity contribution >= 4 is 28.6 Å². The highest BCUT2D eigenvalue weighted by Gasteiger charge is 2.25. The number of carbonyl (C=O) groups is 1. The summed E-state index contributed by atoms with van der Waals surface area (Å²) in [7, 11) is 0. The van der Waals surface area contributed by atoms with Gasteiger partial charge in [0, 0.05) is 37.1 Å². The number of nitrogens with zero attached hydrogens (tertiary/aromatic N) is 3. The monoisotopic (exact) mass is 411 g/mol. The average Bonchev–Trinajstić information content (AvgIpc) is 3.33. The lowest BCUT2D eigenvalue weighted by Crippen LogP contribution is -2.48. The number of rotatable bonds is 4. The fraction of sp³-hybridized carbons (Fsp3) is 0.364. The molecule has 1 amide bonds. The number of piperazine rings is 1. The van der Waals surface area contributed by atoms with Gasteiger partial charge in [-0.05, 0) is 43.3 Å². The van der Waals surface area contributed by atoms with Crippen LogP contribution in [-0.2, 0) is 6.54 Å². The summed E-state index contributed by atoms with van der Waals surface area (Å²) in [4.78, 5) is 23.5. The van der Waals surface area contributed by atoms with Crippen molar-refractivity contribution < 1.29 is 4.79 Å². The predicted molar refractivity (Wildman–Crippen MR) is 117 cm³/mol. The van der Waals surface area contributed by atoms with Crippen LogP contribution in [0.3, 0.4) is 0 Å². The standard InChI is InChI=1S/C22H25N3OS2/c1-15-11-16(2)21(17(3)12-15)22(26)25-8-6-24(7-9-25)13-20-23-18(14-28-20)19-5-4-10-27-19/h4-5,10-12,14H,6-9,13H2,1-3H3. The van der Waals surface area contributed by atoms with Crippen molar-refractivity contribution in [2.75, 3.05) is 26.2 Å². The molecule has 4 rings (SSSR count). The number of amides is 1. The Labute approximate surface area is 174 Å². The predicted octanol–water partition coefficient (Wildman–Crippen LogP) is 4.75. The zero-order chi connectivity index (χ0) is 19.7. The second-order valence-electron chi connectivity index (χ2n) is 7.45. The van der Waals surface area contributed by atoms with Crippen LogP contribution in [0.4, 0.5) is 0 Å². The van der Waals surface area contributed by atoms with Crippen LogP contribution in [0.15, 0.2) is 35.0 Å². The molecule has 1 aliphatic rings.